The van der Waals surface area contributed by atoms with E-state index < -0.39 is 17.2 Å². The van der Waals surface area contributed by atoms with Crippen molar-refractivity contribution < 1.29 is 19.1 Å². The Balaban J connectivity index is 1.90. The molecule has 116 valence electrons. The molecule has 0 spiro atoms. The van der Waals surface area contributed by atoms with Crippen LogP contribution in [0.3, 0.4) is 0 Å². The number of carbonyl (C=O) groups is 2. The van der Waals surface area contributed by atoms with Crippen molar-refractivity contribution in [3.05, 3.63) is 34.2 Å². The van der Waals surface area contributed by atoms with Crippen molar-refractivity contribution in [3.8, 4) is 0 Å². The first-order chi connectivity index (χ1) is 10.3. The summed E-state index contributed by atoms with van der Waals surface area (Å²) in [6.45, 7) is 2.16. The van der Waals surface area contributed by atoms with Crippen molar-refractivity contribution in [3.63, 3.8) is 0 Å². The van der Waals surface area contributed by atoms with Gasteiger partial charge in [-0.15, -0.1) is 0 Å². The monoisotopic (exact) mass is 368 g/mol. The smallest absolute Gasteiger partial charge is 0.311 e. The van der Waals surface area contributed by atoms with E-state index in [0.29, 0.717) is 28.3 Å². The number of aliphatic carboxylic acids is 1. The molecule has 1 unspecified atom stereocenters. The average molecular weight is 369 g/mol. The maximum atomic E-state index is 13.9. The van der Waals surface area contributed by atoms with Crippen LogP contribution in [0.15, 0.2) is 22.7 Å². The zero-order valence-corrected chi connectivity index (χ0v) is 13.4. The van der Waals surface area contributed by atoms with E-state index in [1.165, 1.54) is 17.0 Å². The highest BCUT2D eigenvalue weighted by Crippen LogP contribution is 2.31. The second-order valence-corrected chi connectivity index (χ2v) is 6.79. The quantitative estimate of drug-likeness (QED) is 0.855. The van der Waals surface area contributed by atoms with Gasteiger partial charge in [-0.1, -0.05) is 15.9 Å². The minimum Gasteiger partial charge on any atom is -0.481 e. The number of aromatic nitrogens is 1. The van der Waals surface area contributed by atoms with Crippen molar-refractivity contribution in [2.75, 3.05) is 13.1 Å². The van der Waals surface area contributed by atoms with Crippen molar-refractivity contribution in [2.45, 2.75) is 13.3 Å². The maximum absolute atomic E-state index is 13.9. The molecule has 5 nitrogen and oxygen atoms in total. The minimum atomic E-state index is -0.921. The minimum absolute atomic E-state index is 0.155. The third kappa shape index (κ3) is 2.39. The van der Waals surface area contributed by atoms with E-state index in [2.05, 4.69) is 20.9 Å². The van der Waals surface area contributed by atoms with Gasteiger partial charge in [0.1, 0.15) is 11.5 Å². The normalized spacial score (nSPS) is 21.5. The van der Waals surface area contributed by atoms with Gasteiger partial charge in [0, 0.05) is 22.9 Å². The predicted octanol–water partition coefficient (Wildman–Crippen LogP) is 3.01. The van der Waals surface area contributed by atoms with E-state index in [-0.39, 0.29) is 18.1 Å². The van der Waals surface area contributed by atoms with Crippen LogP contribution in [0.4, 0.5) is 4.39 Å². The van der Waals surface area contributed by atoms with Gasteiger partial charge in [0.2, 0.25) is 0 Å². The molecule has 3 rings (SSSR count). The third-order valence-electron chi connectivity index (χ3n) is 4.16. The summed E-state index contributed by atoms with van der Waals surface area (Å²) in [5.74, 6) is -1.64. The van der Waals surface area contributed by atoms with E-state index >= 15 is 0 Å². The number of aromatic amines is 1. The molecule has 0 radical (unpaired) electrons. The highest BCUT2D eigenvalue weighted by atomic mass is 79.9. The first kappa shape index (κ1) is 15.0. The summed E-state index contributed by atoms with van der Waals surface area (Å²) in [6.07, 6.45) is 0.411. The maximum Gasteiger partial charge on any atom is 0.311 e. The number of nitrogens with one attached hydrogen (secondary N) is 1. The molecule has 2 N–H and O–H groups in total. The number of likely N-dealkylation sites (tertiary alicyclic amines) is 1. The lowest BCUT2D eigenvalue weighted by Gasteiger charge is -2.19. The molecule has 1 aliphatic rings. The molecular formula is C15H14BrFN2O3. The van der Waals surface area contributed by atoms with E-state index in [9.17, 15) is 19.1 Å². The second-order valence-electron chi connectivity index (χ2n) is 5.87. The molecule has 1 aromatic carbocycles. The first-order valence-electron chi connectivity index (χ1n) is 6.81. The molecule has 1 fully saturated rings. The number of carbonyl (C=O) groups excluding carboxylic acids is 1. The Labute approximate surface area is 134 Å². The van der Waals surface area contributed by atoms with Gasteiger partial charge in [0.25, 0.3) is 5.91 Å². The number of halogens is 2. The molecule has 1 atom stereocenters. The molecule has 1 amide bonds. The van der Waals surface area contributed by atoms with Crippen LogP contribution in [0.1, 0.15) is 23.8 Å². The van der Waals surface area contributed by atoms with Gasteiger partial charge in [-0.05, 0) is 31.5 Å². The summed E-state index contributed by atoms with van der Waals surface area (Å²) in [5, 5.41) is 9.56. The Bertz CT molecular complexity index is 788. The number of carboxylic acids is 1. The van der Waals surface area contributed by atoms with Crippen molar-refractivity contribution >= 4 is 38.7 Å². The number of H-pyrrole nitrogens is 1. The molecule has 2 aromatic rings. The number of nitrogens with zero attached hydrogens (tertiary/aromatic N) is 1. The SMILES string of the molecule is CC1(C(=O)O)CCN(C(=O)c2cc3c(F)cc(Br)cc3[nH]2)C1. The number of rotatable bonds is 2. The highest BCUT2D eigenvalue weighted by Gasteiger charge is 2.42. The van der Waals surface area contributed by atoms with Gasteiger partial charge in [0.05, 0.1) is 10.9 Å². The van der Waals surface area contributed by atoms with Gasteiger partial charge in [-0.3, -0.25) is 9.59 Å². The van der Waals surface area contributed by atoms with Crippen molar-refractivity contribution in [2.24, 2.45) is 5.41 Å². The number of hydrogen-bond donors (Lipinski definition) is 2. The zero-order valence-electron chi connectivity index (χ0n) is 11.8. The Morgan fingerprint density at radius 1 is 1.41 bits per heavy atom. The molecule has 0 saturated carbocycles. The Hall–Kier alpha value is -1.89. The van der Waals surface area contributed by atoms with Gasteiger partial charge in [0.15, 0.2) is 0 Å². The summed E-state index contributed by atoms with van der Waals surface area (Å²) in [4.78, 5) is 28.1. The van der Waals surface area contributed by atoms with Gasteiger partial charge >= 0.3 is 5.97 Å². The van der Waals surface area contributed by atoms with E-state index in [4.69, 9.17) is 0 Å². The average Bonchev–Trinajstić information content (AvgIpc) is 3.03. The largest absolute Gasteiger partial charge is 0.481 e. The van der Waals surface area contributed by atoms with Gasteiger partial charge < -0.3 is 15.0 Å². The zero-order chi connectivity index (χ0) is 16.1. The molecule has 1 aromatic heterocycles. The van der Waals surface area contributed by atoms with Crippen LogP contribution in [0.25, 0.3) is 10.9 Å². The van der Waals surface area contributed by atoms with Crippen molar-refractivity contribution in [1.29, 1.82) is 0 Å². The predicted molar refractivity (Wildman–Crippen MR) is 82.2 cm³/mol. The number of hydrogen-bond acceptors (Lipinski definition) is 2. The number of benzene rings is 1. The van der Waals surface area contributed by atoms with E-state index in [1.54, 1.807) is 13.0 Å². The van der Waals surface area contributed by atoms with Crippen LogP contribution in [-0.4, -0.2) is 40.0 Å². The summed E-state index contributed by atoms with van der Waals surface area (Å²) in [6, 6.07) is 4.50. The highest BCUT2D eigenvalue weighted by molar-refractivity contribution is 9.10. The topological polar surface area (TPSA) is 73.4 Å². The molecule has 0 bridgehead atoms. The van der Waals surface area contributed by atoms with Gasteiger partial charge in [-0.25, -0.2) is 4.39 Å². The van der Waals surface area contributed by atoms with Crippen LogP contribution in [-0.2, 0) is 4.79 Å². The molecule has 2 heterocycles. The Morgan fingerprint density at radius 2 is 2.14 bits per heavy atom. The standard InChI is InChI=1S/C15H14BrFN2O3/c1-15(14(21)22)2-3-19(7-15)13(20)12-6-9-10(17)4-8(16)5-11(9)18-12/h4-6,18H,2-3,7H2,1H3,(H,21,22). The Kier molecular flexibility index (Phi) is 3.47. The summed E-state index contributed by atoms with van der Waals surface area (Å²) < 4.78 is 14.5. The van der Waals surface area contributed by atoms with Crippen LogP contribution in [0, 0.1) is 11.2 Å². The van der Waals surface area contributed by atoms with Crippen molar-refractivity contribution in [1.82, 2.24) is 9.88 Å². The summed E-state index contributed by atoms with van der Waals surface area (Å²) >= 11 is 3.21. The van der Waals surface area contributed by atoms with Gasteiger partial charge in [-0.2, -0.15) is 0 Å². The number of fused-ring (bicyclic) bond motifs is 1. The molecule has 1 aliphatic heterocycles. The molecule has 22 heavy (non-hydrogen) atoms. The Morgan fingerprint density at radius 3 is 2.77 bits per heavy atom. The lowest BCUT2D eigenvalue weighted by atomic mass is 9.90. The summed E-state index contributed by atoms with van der Waals surface area (Å²) in [5.41, 5.74) is -0.132. The second kappa shape index (κ2) is 5.08. The lowest BCUT2D eigenvalue weighted by molar-refractivity contribution is -0.147. The summed E-state index contributed by atoms with van der Waals surface area (Å²) in [7, 11) is 0. The molecular weight excluding hydrogens is 355 g/mol. The number of amides is 1. The molecule has 0 aliphatic carbocycles. The van der Waals surface area contributed by atoms with Crippen LogP contribution in [0.2, 0.25) is 0 Å². The third-order valence-corrected chi connectivity index (χ3v) is 4.62. The van der Waals surface area contributed by atoms with Crippen LogP contribution >= 0.6 is 15.9 Å². The lowest BCUT2D eigenvalue weighted by Crippen LogP contribution is -2.35. The number of carboxylic acid groups (broad SMARTS) is 1. The van der Waals surface area contributed by atoms with E-state index in [1.807, 2.05) is 0 Å². The molecule has 7 heteroatoms. The van der Waals surface area contributed by atoms with E-state index in [0.717, 1.165) is 0 Å². The fourth-order valence-electron chi connectivity index (χ4n) is 2.75. The van der Waals surface area contributed by atoms with Crippen LogP contribution in [0.5, 0.6) is 0 Å². The fraction of sp³-hybridized carbons (Fsp3) is 0.333. The van der Waals surface area contributed by atoms with Crippen LogP contribution < -0.4 is 0 Å². The first-order valence-corrected chi connectivity index (χ1v) is 7.60. The molecule has 1 saturated heterocycles. The fourth-order valence-corrected chi connectivity index (χ4v) is 3.18.